The van der Waals surface area contributed by atoms with E-state index in [1.54, 1.807) is 18.9 Å². The van der Waals surface area contributed by atoms with Crippen LogP contribution in [0.1, 0.15) is 18.3 Å². The van der Waals surface area contributed by atoms with Crippen molar-refractivity contribution in [2.24, 2.45) is 0 Å². The highest BCUT2D eigenvalue weighted by atomic mass is 16.2. The molecule has 3 heterocycles. The normalized spacial score (nSPS) is 16.1. The third kappa shape index (κ3) is 3.19. The first-order valence-corrected chi connectivity index (χ1v) is 8.94. The number of anilines is 1. The van der Waals surface area contributed by atoms with Gasteiger partial charge < -0.3 is 10.6 Å². The predicted molar refractivity (Wildman–Crippen MR) is 109 cm³/mol. The number of nitrogens with two attached hydrogens (primary N) is 1. The van der Waals surface area contributed by atoms with Crippen molar-refractivity contribution in [1.82, 2.24) is 19.9 Å². The molecule has 6 nitrogen and oxygen atoms in total. The zero-order chi connectivity index (χ0) is 19.8. The summed E-state index contributed by atoms with van der Waals surface area (Å²) in [5.74, 6) is 7.01. The van der Waals surface area contributed by atoms with E-state index in [9.17, 15) is 4.79 Å². The van der Waals surface area contributed by atoms with E-state index >= 15 is 0 Å². The number of likely N-dealkylation sites (N-methyl/N-ethyl adjacent to an activating group) is 1. The number of aryl methyl sites for hydroxylation is 1. The smallest absolute Gasteiger partial charge is 0.262 e. The summed E-state index contributed by atoms with van der Waals surface area (Å²) in [6.45, 7) is 3.77. The highest BCUT2D eigenvalue weighted by molar-refractivity contribution is 6.00. The Labute approximate surface area is 163 Å². The Balaban J connectivity index is 1.69. The molecule has 1 atom stereocenters. The van der Waals surface area contributed by atoms with Crippen LogP contribution in [0.2, 0.25) is 0 Å². The molecule has 0 unspecified atom stereocenters. The molecule has 4 rings (SSSR count). The lowest BCUT2D eigenvalue weighted by atomic mass is 10.1. The van der Waals surface area contributed by atoms with Crippen molar-refractivity contribution in [3.8, 4) is 23.1 Å². The molecular weight excluding hydrogens is 350 g/mol. The first-order chi connectivity index (χ1) is 13.4. The summed E-state index contributed by atoms with van der Waals surface area (Å²) in [5, 5.41) is 0. The van der Waals surface area contributed by atoms with E-state index < -0.39 is 0 Å². The summed E-state index contributed by atoms with van der Waals surface area (Å²) < 4.78 is 0. The summed E-state index contributed by atoms with van der Waals surface area (Å²) in [5.41, 5.74) is 10.3. The fourth-order valence-electron chi connectivity index (χ4n) is 3.11. The number of rotatable bonds is 1. The first kappa shape index (κ1) is 17.7. The molecule has 0 saturated carbocycles. The Bertz CT molecular complexity index is 1200. The van der Waals surface area contributed by atoms with Crippen LogP contribution in [0.15, 0.2) is 48.0 Å². The second kappa shape index (κ2) is 6.78. The monoisotopic (exact) mass is 369 g/mol. The number of pyridine rings is 1. The van der Waals surface area contributed by atoms with Crippen LogP contribution in [-0.2, 0) is 4.79 Å². The van der Waals surface area contributed by atoms with E-state index in [4.69, 9.17) is 5.73 Å². The Hall–Kier alpha value is -3.72. The number of hydrogen-bond donors (Lipinski definition) is 1. The average Bonchev–Trinajstić information content (AvgIpc) is 2.93. The quantitative estimate of drug-likeness (QED) is 0.667. The van der Waals surface area contributed by atoms with Crippen LogP contribution < -0.4 is 5.73 Å². The third-order valence-electron chi connectivity index (χ3n) is 4.75. The highest BCUT2D eigenvalue weighted by Gasteiger charge is 2.24. The van der Waals surface area contributed by atoms with Crippen molar-refractivity contribution in [1.29, 1.82) is 0 Å². The van der Waals surface area contributed by atoms with Gasteiger partial charge in [0.05, 0.1) is 16.8 Å². The van der Waals surface area contributed by atoms with Crippen LogP contribution in [0, 0.1) is 18.8 Å². The number of nitrogen functional groups attached to an aromatic ring is 1. The van der Waals surface area contributed by atoms with Crippen molar-refractivity contribution in [2.75, 3.05) is 12.8 Å². The SMILES string of the molecule is Cc1nc(N)c2nc(-c3cccc(C#CC4=C[C@@H](C)N(C)C4=O)c3)ccc2n1. The molecule has 1 aliphatic heterocycles. The lowest BCUT2D eigenvalue weighted by Crippen LogP contribution is -2.27. The van der Waals surface area contributed by atoms with Crippen LogP contribution in [0.4, 0.5) is 5.82 Å². The number of nitrogens with zero attached hydrogens (tertiary/aromatic N) is 4. The molecule has 2 N–H and O–H groups in total. The molecular formula is C22H19N5O. The van der Waals surface area contributed by atoms with Crippen molar-refractivity contribution in [3.63, 3.8) is 0 Å². The second-order valence-corrected chi connectivity index (χ2v) is 6.79. The van der Waals surface area contributed by atoms with Gasteiger partial charge >= 0.3 is 0 Å². The Kier molecular flexibility index (Phi) is 4.28. The minimum Gasteiger partial charge on any atom is -0.382 e. The number of carbonyl (C=O) groups is 1. The molecule has 0 radical (unpaired) electrons. The largest absolute Gasteiger partial charge is 0.382 e. The molecule has 138 valence electrons. The average molecular weight is 369 g/mol. The highest BCUT2D eigenvalue weighted by Crippen LogP contribution is 2.23. The topological polar surface area (TPSA) is 85.0 Å². The van der Waals surface area contributed by atoms with Gasteiger partial charge in [-0.15, -0.1) is 0 Å². The number of amides is 1. The summed E-state index contributed by atoms with van der Waals surface area (Å²) >= 11 is 0. The Morgan fingerprint density at radius 1 is 1.11 bits per heavy atom. The van der Waals surface area contributed by atoms with Gasteiger partial charge in [-0.2, -0.15) is 0 Å². The number of benzene rings is 1. The summed E-state index contributed by atoms with van der Waals surface area (Å²) in [6.07, 6.45) is 1.88. The second-order valence-electron chi connectivity index (χ2n) is 6.79. The van der Waals surface area contributed by atoms with Gasteiger partial charge in [-0.05, 0) is 44.2 Å². The third-order valence-corrected chi connectivity index (χ3v) is 4.75. The van der Waals surface area contributed by atoms with Gasteiger partial charge in [0.1, 0.15) is 11.3 Å². The maximum Gasteiger partial charge on any atom is 0.262 e. The van der Waals surface area contributed by atoms with E-state index in [2.05, 4.69) is 26.8 Å². The van der Waals surface area contributed by atoms with Gasteiger partial charge in [-0.1, -0.05) is 24.0 Å². The Morgan fingerprint density at radius 3 is 2.68 bits per heavy atom. The summed E-state index contributed by atoms with van der Waals surface area (Å²) in [4.78, 5) is 27.0. The minimum atomic E-state index is -0.0434. The van der Waals surface area contributed by atoms with Crippen molar-refractivity contribution in [3.05, 3.63) is 59.4 Å². The molecule has 0 bridgehead atoms. The number of aromatic nitrogens is 3. The van der Waals surface area contributed by atoms with Gasteiger partial charge in [0.15, 0.2) is 5.82 Å². The van der Waals surface area contributed by atoms with Gasteiger partial charge in [0, 0.05) is 24.2 Å². The molecule has 0 aliphatic carbocycles. The number of hydrogen-bond acceptors (Lipinski definition) is 5. The van der Waals surface area contributed by atoms with Crippen LogP contribution in [0.3, 0.4) is 0 Å². The van der Waals surface area contributed by atoms with Crippen molar-refractivity contribution in [2.45, 2.75) is 19.9 Å². The van der Waals surface area contributed by atoms with Crippen molar-refractivity contribution >= 4 is 22.8 Å². The lowest BCUT2D eigenvalue weighted by Gasteiger charge is -2.13. The summed E-state index contributed by atoms with van der Waals surface area (Å²) in [6, 6.07) is 11.6. The van der Waals surface area contributed by atoms with E-state index in [1.807, 2.05) is 49.4 Å². The van der Waals surface area contributed by atoms with Crippen molar-refractivity contribution < 1.29 is 4.79 Å². The van der Waals surface area contributed by atoms with E-state index in [0.29, 0.717) is 22.7 Å². The van der Waals surface area contributed by atoms with Crippen LogP contribution in [0.5, 0.6) is 0 Å². The van der Waals surface area contributed by atoms with E-state index in [1.165, 1.54) is 0 Å². The molecule has 1 aliphatic rings. The van der Waals surface area contributed by atoms with Gasteiger partial charge in [0.2, 0.25) is 0 Å². The Morgan fingerprint density at radius 2 is 1.93 bits per heavy atom. The number of carbonyl (C=O) groups excluding carboxylic acids is 1. The van der Waals surface area contributed by atoms with Gasteiger partial charge in [-0.25, -0.2) is 15.0 Å². The minimum absolute atomic E-state index is 0.0434. The molecule has 1 amide bonds. The van der Waals surface area contributed by atoms with Gasteiger partial charge in [-0.3, -0.25) is 4.79 Å². The van der Waals surface area contributed by atoms with Gasteiger partial charge in [0.25, 0.3) is 5.91 Å². The number of fused-ring (bicyclic) bond motifs is 1. The van der Waals surface area contributed by atoms with Crippen LogP contribution >= 0.6 is 0 Å². The molecule has 6 heteroatoms. The fourth-order valence-corrected chi connectivity index (χ4v) is 3.11. The molecule has 0 fully saturated rings. The molecule has 2 aromatic heterocycles. The fraction of sp³-hybridized carbons (Fsp3) is 0.182. The molecule has 3 aromatic rings. The molecule has 1 aromatic carbocycles. The maximum absolute atomic E-state index is 12.1. The molecule has 0 spiro atoms. The molecule has 28 heavy (non-hydrogen) atoms. The predicted octanol–water partition coefficient (Wildman–Crippen LogP) is 2.72. The van der Waals surface area contributed by atoms with E-state index in [-0.39, 0.29) is 11.9 Å². The lowest BCUT2D eigenvalue weighted by molar-refractivity contribution is -0.125. The zero-order valence-electron chi connectivity index (χ0n) is 15.9. The van der Waals surface area contributed by atoms with E-state index in [0.717, 1.165) is 22.3 Å². The van der Waals surface area contributed by atoms with Crippen LogP contribution in [0.25, 0.3) is 22.3 Å². The maximum atomic E-state index is 12.1. The molecule has 0 saturated heterocycles. The van der Waals surface area contributed by atoms with Crippen LogP contribution in [-0.4, -0.2) is 38.8 Å². The standard InChI is InChI=1S/C22H19N5O/c1-13-11-17(22(28)27(13)3)8-7-15-5-4-6-16(12-15)18-9-10-19-20(26-18)21(23)25-14(2)24-19/h4-6,9-13H,1-3H3,(H2,23,24,25)/t13-/m1/s1. The zero-order valence-corrected chi connectivity index (χ0v) is 15.9. The first-order valence-electron chi connectivity index (χ1n) is 8.94. The summed E-state index contributed by atoms with van der Waals surface area (Å²) in [7, 11) is 1.78.